The van der Waals surface area contributed by atoms with E-state index in [4.69, 9.17) is 0 Å². The smallest absolute Gasteiger partial charge is 0.291 e. The van der Waals surface area contributed by atoms with Crippen LogP contribution in [-0.4, -0.2) is 20.5 Å². The van der Waals surface area contributed by atoms with Crippen molar-refractivity contribution >= 4 is 17.1 Å². The van der Waals surface area contributed by atoms with Gasteiger partial charge < -0.3 is 0 Å². The topological polar surface area (TPSA) is 47.8 Å². The number of ketones is 1. The molecule has 1 atom stereocenters. The number of Topliss-reactive ketones (excluding diaryl/α,β-unsaturated/α-hetero) is 1. The summed E-state index contributed by atoms with van der Waals surface area (Å²) >= 11 is 1.21. The van der Waals surface area contributed by atoms with Crippen molar-refractivity contribution in [1.29, 1.82) is 0 Å². The van der Waals surface area contributed by atoms with E-state index in [1.807, 2.05) is 0 Å². The fourth-order valence-electron chi connectivity index (χ4n) is 1.51. The van der Waals surface area contributed by atoms with Crippen LogP contribution in [0.2, 0.25) is 0 Å². The van der Waals surface area contributed by atoms with Gasteiger partial charge in [0.15, 0.2) is 11.5 Å². The maximum Gasteiger partial charge on any atom is 0.435 e. The molecule has 0 fully saturated rings. The second kappa shape index (κ2) is 4.76. The van der Waals surface area contributed by atoms with Crippen molar-refractivity contribution in [3.8, 4) is 0 Å². The summed E-state index contributed by atoms with van der Waals surface area (Å²) in [5, 5.41) is 4.12. The third-order valence-electron chi connectivity index (χ3n) is 2.54. The lowest BCUT2D eigenvalue weighted by molar-refractivity contribution is -0.141. The number of rotatable bonds is 3. The number of aryl methyl sites for hydroxylation is 1. The van der Waals surface area contributed by atoms with Crippen molar-refractivity contribution in [2.45, 2.75) is 26.1 Å². The highest BCUT2D eigenvalue weighted by atomic mass is 32.1. The van der Waals surface area contributed by atoms with Crippen molar-refractivity contribution in [2.24, 2.45) is 0 Å². The van der Waals surface area contributed by atoms with Gasteiger partial charge in [0.05, 0.1) is 9.88 Å². The summed E-state index contributed by atoms with van der Waals surface area (Å²) in [7, 11) is 0. The van der Waals surface area contributed by atoms with Crippen molar-refractivity contribution < 1.29 is 18.0 Å². The molecule has 0 radical (unpaired) electrons. The summed E-state index contributed by atoms with van der Waals surface area (Å²) < 4.78 is 38.3. The SMILES string of the molecule is Cc1ncc(C(=O)C(C)n2ccc(C(F)(F)F)n2)s1. The Kier molecular flexibility index (Phi) is 3.44. The van der Waals surface area contributed by atoms with E-state index >= 15 is 0 Å². The van der Waals surface area contributed by atoms with Crippen LogP contribution in [0.15, 0.2) is 18.5 Å². The molecule has 0 saturated carbocycles. The van der Waals surface area contributed by atoms with E-state index in [9.17, 15) is 18.0 Å². The van der Waals surface area contributed by atoms with Gasteiger partial charge in [-0.2, -0.15) is 18.3 Å². The molecule has 0 N–H and O–H groups in total. The van der Waals surface area contributed by atoms with E-state index in [2.05, 4.69) is 10.1 Å². The summed E-state index contributed by atoms with van der Waals surface area (Å²) in [5.41, 5.74) is -1.01. The maximum absolute atomic E-state index is 12.4. The predicted molar refractivity (Wildman–Crippen MR) is 63.1 cm³/mol. The number of thiazole rings is 1. The first-order valence-electron chi connectivity index (χ1n) is 5.38. The van der Waals surface area contributed by atoms with Crippen molar-refractivity contribution in [3.63, 3.8) is 0 Å². The molecule has 0 aliphatic heterocycles. The zero-order valence-corrected chi connectivity index (χ0v) is 10.9. The standard InChI is InChI=1S/C11H10F3N3OS/c1-6(10(18)8-5-15-7(2)19-8)17-4-3-9(16-17)11(12,13)14/h3-6H,1-2H3. The maximum atomic E-state index is 12.4. The lowest BCUT2D eigenvalue weighted by atomic mass is 10.2. The van der Waals surface area contributed by atoms with Crippen molar-refractivity contribution in [2.75, 3.05) is 0 Å². The Labute approximate surface area is 110 Å². The van der Waals surface area contributed by atoms with Gasteiger partial charge >= 0.3 is 6.18 Å². The Hall–Kier alpha value is -1.70. The molecule has 1 unspecified atom stereocenters. The molecule has 0 amide bonds. The van der Waals surface area contributed by atoms with Gasteiger partial charge in [0.25, 0.3) is 0 Å². The van der Waals surface area contributed by atoms with Gasteiger partial charge in [-0.1, -0.05) is 0 Å². The molecule has 2 aromatic heterocycles. The second-order valence-electron chi connectivity index (χ2n) is 3.96. The highest BCUT2D eigenvalue weighted by molar-refractivity contribution is 7.13. The van der Waals surface area contributed by atoms with E-state index in [-0.39, 0.29) is 5.78 Å². The van der Waals surface area contributed by atoms with Gasteiger partial charge in [-0.3, -0.25) is 9.48 Å². The number of carbonyl (C=O) groups is 1. The number of halogens is 3. The number of carbonyl (C=O) groups excluding carboxylic acids is 1. The summed E-state index contributed by atoms with van der Waals surface area (Å²) in [6.45, 7) is 3.26. The Morgan fingerprint density at radius 3 is 2.63 bits per heavy atom. The number of aromatic nitrogens is 3. The molecular weight excluding hydrogens is 279 g/mol. The van der Waals surface area contributed by atoms with Crippen molar-refractivity contribution in [3.05, 3.63) is 34.0 Å². The third-order valence-corrected chi connectivity index (χ3v) is 3.47. The molecule has 102 valence electrons. The largest absolute Gasteiger partial charge is 0.435 e. The molecule has 2 aromatic rings. The van der Waals surface area contributed by atoms with Gasteiger partial charge in [-0.05, 0) is 19.9 Å². The number of alkyl halides is 3. The van der Waals surface area contributed by atoms with E-state index in [0.717, 1.165) is 22.0 Å². The lowest BCUT2D eigenvalue weighted by Crippen LogP contribution is -2.17. The van der Waals surface area contributed by atoms with Crippen LogP contribution >= 0.6 is 11.3 Å². The van der Waals surface area contributed by atoms with Gasteiger partial charge in [-0.15, -0.1) is 11.3 Å². The van der Waals surface area contributed by atoms with Gasteiger partial charge in [0.2, 0.25) is 0 Å². The first-order chi connectivity index (χ1) is 8.79. The fraction of sp³-hybridized carbons (Fsp3) is 0.364. The lowest BCUT2D eigenvalue weighted by Gasteiger charge is -2.09. The van der Waals surface area contributed by atoms with Gasteiger partial charge in [0, 0.05) is 12.4 Å². The summed E-state index contributed by atoms with van der Waals surface area (Å²) in [4.78, 5) is 16.4. The average molecular weight is 289 g/mol. The van der Waals surface area contributed by atoms with Gasteiger partial charge in [-0.25, -0.2) is 4.98 Å². The van der Waals surface area contributed by atoms with Gasteiger partial charge in [0.1, 0.15) is 6.04 Å². The Balaban J connectivity index is 2.22. The van der Waals surface area contributed by atoms with Crippen molar-refractivity contribution in [1.82, 2.24) is 14.8 Å². The summed E-state index contributed by atoms with van der Waals surface area (Å²) in [6, 6.07) is 0.0535. The molecule has 0 aromatic carbocycles. The highest BCUT2D eigenvalue weighted by Crippen LogP contribution is 2.28. The molecule has 2 rings (SSSR count). The molecule has 19 heavy (non-hydrogen) atoms. The molecule has 0 aliphatic carbocycles. The minimum absolute atomic E-state index is 0.303. The van der Waals surface area contributed by atoms with Crippen LogP contribution in [0.25, 0.3) is 0 Å². The van der Waals surface area contributed by atoms with Crippen LogP contribution < -0.4 is 0 Å². The number of hydrogen-bond donors (Lipinski definition) is 0. The van der Waals surface area contributed by atoms with Crippen LogP contribution in [0.1, 0.15) is 33.3 Å². The monoisotopic (exact) mass is 289 g/mol. The van der Waals surface area contributed by atoms with E-state index < -0.39 is 17.9 Å². The zero-order valence-electron chi connectivity index (χ0n) is 10.1. The second-order valence-corrected chi connectivity index (χ2v) is 5.20. The molecular formula is C11H10F3N3OS. The normalized spacial score (nSPS) is 13.5. The molecule has 4 nitrogen and oxygen atoms in total. The first kappa shape index (κ1) is 13.7. The van der Waals surface area contributed by atoms with Crippen LogP contribution in [0, 0.1) is 6.92 Å². The van der Waals surface area contributed by atoms with Crippen LogP contribution in [0.5, 0.6) is 0 Å². The van der Waals surface area contributed by atoms with E-state index in [0.29, 0.717) is 4.88 Å². The predicted octanol–water partition coefficient (Wildman–Crippen LogP) is 3.11. The third kappa shape index (κ3) is 2.83. The quantitative estimate of drug-likeness (QED) is 0.816. The minimum atomic E-state index is -4.50. The molecule has 8 heteroatoms. The summed E-state index contributed by atoms with van der Waals surface area (Å²) in [6.07, 6.45) is -1.93. The number of hydrogen-bond acceptors (Lipinski definition) is 4. The Morgan fingerprint density at radius 2 is 2.16 bits per heavy atom. The Morgan fingerprint density at radius 1 is 1.47 bits per heavy atom. The zero-order chi connectivity index (χ0) is 14.2. The van der Waals surface area contributed by atoms with Crippen LogP contribution in [0.3, 0.4) is 0 Å². The molecule has 0 bridgehead atoms. The van der Waals surface area contributed by atoms with E-state index in [1.165, 1.54) is 24.5 Å². The molecule has 0 saturated heterocycles. The Bertz CT molecular complexity index is 602. The summed E-state index contributed by atoms with van der Waals surface area (Å²) in [5.74, 6) is -0.303. The molecule has 2 heterocycles. The molecule has 0 spiro atoms. The fourth-order valence-corrected chi connectivity index (χ4v) is 2.31. The van der Waals surface area contributed by atoms with Crippen LogP contribution in [0.4, 0.5) is 13.2 Å². The number of nitrogens with zero attached hydrogens (tertiary/aromatic N) is 3. The first-order valence-corrected chi connectivity index (χ1v) is 6.19. The highest BCUT2D eigenvalue weighted by Gasteiger charge is 2.34. The average Bonchev–Trinajstić information content (AvgIpc) is 2.94. The van der Waals surface area contributed by atoms with E-state index in [1.54, 1.807) is 6.92 Å². The minimum Gasteiger partial charge on any atom is -0.291 e. The molecule has 0 aliphatic rings. The van der Waals surface area contributed by atoms with Crippen LogP contribution in [-0.2, 0) is 6.18 Å².